The molecule has 0 saturated heterocycles. The van der Waals surface area contributed by atoms with Gasteiger partial charge >= 0.3 is 6.09 Å². The van der Waals surface area contributed by atoms with Crippen LogP contribution in [-0.2, 0) is 11.3 Å². The van der Waals surface area contributed by atoms with Crippen LogP contribution in [0.15, 0.2) is 60.8 Å². The third kappa shape index (κ3) is 2.43. The van der Waals surface area contributed by atoms with E-state index >= 15 is 0 Å². The monoisotopic (exact) mass is 265 g/mol. The first-order valence-electron chi connectivity index (χ1n) is 6.53. The molecule has 0 unspecified atom stereocenters. The standard InChI is InChI=1S/C17H15NO2/c1-13-6-8-14(9-7-13)12-20-17(19)18-11-10-15-4-2-3-5-16(15)18/h2-11H,12H2,1H3. The molecule has 3 rings (SSSR count). The number of carbonyl (C=O) groups excluding carboxylic acids is 1. The van der Waals surface area contributed by atoms with Gasteiger partial charge in [0.25, 0.3) is 0 Å². The van der Waals surface area contributed by atoms with Crippen LogP contribution >= 0.6 is 0 Å². The van der Waals surface area contributed by atoms with Crippen LogP contribution in [0.4, 0.5) is 4.79 Å². The maximum atomic E-state index is 12.1. The van der Waals surface area contributed by atoms with Gasteiger partial charge in [0.1, 0.15) is 6.61 Å². The quantitative estimate of drug-likeness (QED) is 0.697. The van der Waals surface area contributed by atoms with E-state index in [0.717, 1.165) is 16.5 Å². The zero-order chi connectivity index (χ0) is 13.9. The molecule has 3 heteroatoms. The molecule has 3 nitrogen and oxygen atoms in total. The highest BCUT2D eigenvalue weighted by Crippen LogP contribution is 2.15. The first kappa shape index (κ1) is 12.5. The Morgan fingerprint density at radius 1 is 1.05 bits per heavy atom. The van der Waals surface area contributed by atoms with Gasteiger partial charge < -0.3 is 4.74 Å². The summed E-state index contributed by atoms with van der Waals surface area (Å²) in [6, 6.07) is 17.6. The second kappa shape index (κ2) is 5.21. The van der Waals surface area contributed by atoms with E-state index in [2.05, 4.69) is 0 Å². The van der Waals surface area contributed by atoms with Crippen molar-refractivity contribution >= 4 is 17.0 Å². The average Bonchev–Trinajstić information content (AvgIpc) is 2.90. The molecule has 0 saturated carbocycles. The summed E-state index contributed by atoms with van der Waals surface area (Å²) < 4.78 is 6.88. The molecule has 0 fully saturated rings. The Bertz CT molecular complexity index is 741. The molecule has 0 amide bonds. The molecule has 3 aromatic rings. The van der Waals surface area contributed by atoms with Gasteiger partial charge in [-0.1, -0.05) is 48.0 Å². The fraction of sp³-hybridized carbons (Fsp3) is 0.118. The number of hydrogen-bond acceptors (Lipinski definition) is 2. The number of fused-ring (bicyclic) bond motifs is 1. The lowest BCUT2D eigenvalue weighted by Crippen LogP contribution is -2.12. The second-order valence-corrected chi connectivity index (χ2v) is 4.78. The zero-order valence-corrected chi connectivity index (χ0v) is 11.2. The molecule has 1 heterocycles. The molecular weight excluding hydrogens is 250 g/mol. The highest BCUT2D eigenvalue weighted by molar-refractivity contribution is 5.89. The fourth-order valence-corrected chi connectivity index (χ4v) is 2.14. The third-order valence-electron chi connectivity index (χ3n) is 3.28. The summed E-state index contributed by atoms with van der Waals surface area (Å²) >= 11 is 0. The van der Waals surface area contributed by atoms with E-state index in [0.29, 0.717) is 0 Å². The lowest BCUT2D eigenvalue weighted by atomic mass is 10.2. The predicted molar refractivity (Wildman–Crippen MR) is 78.7 cm³/mol. The van der Waals surface area contributed by atoms with E-state index < -0.39 is 0 Å². The van der Waals surface area contributed by atoms with E-state index in [-0.39, 0.29) is 12.7 Å². The summed E-state index contributed by atoms with van der Waals surface area (Å²) in [5.41, 5.74) is 3.04. The number of aryl methyl sites for hydroxylation is 1. The van der Waals surface area contributed by atoms with Gasteiger partial charge in [0.05, 0.1) is 5.52 Å². The van der Waals surface area contributed by atoms with Crippen molar-refractivity contribution in [2.45, 2.75) is 13.5 Å². The molecule has 2 aromatic carbocycles. The Morgan fingerprint density at radius 2 is 1.80 bits per heavy atom. The van der Waals surface area contributed by atoms with Gasteiger partial charge in [-0.05, 0) is 24.6 Å². The van der Waals surface area contributed by atoms with Crippen LogP contribution in [0.3, 0.4) is 0 Å². The minimum atomic E-state index is -0.355. The van der Waals surface area contributed by atoms with Crippen LogP contribution in [0.2, 0.25) is 0 Å². The average molecular weight is 265 g/mol. The lowest BCUT2D eigenvalue weighted by molar-refractivity contribution is 0.142. The fourth-order valence-electron chi connectivity index (χ4n) is 2.14. The molecule has 0 N–H and O–H groups in total. The summed E-state index contributed by atoms with van der Waals surface area (Å²) in [6.45, 7) is 2.31. The molecule has 1 aromatic heterocycles. The van der Waals surface area contributed by atoms with Crippen LogP contribution in [-0.4, -0.2) is 10.7 Å². The summed E-state index contributed by atoms with van der Waals surface area (Å²) in [5.74, 6) is 0. The first-order chi connectivity index (χ1) is 9.74. The molecule has 0 aliphatic heterocycles. The number of hydrogen-bond donors (Lipinski definition) is 0. The van der Waals surface area contributed by atoms with Crippen molar-refractivity contribution < 1.29 is 9.53 Å². The van der Waals surface area contributed by atoms with Crippen LogP contribution in [0, 0.1) is 6.92 Å². The Kier molecular flexibility index (Phi) is 3.25. The Balaban J connectivity index is 1.75. The predicted octanol–water partition coefficient (Wildman–Crippen LogP) is 4.13. The molecule has 20 heavy (non-hydrogen) atoms. The molecule has 0 radical (unpaired) electrons. The van der Waals surface area contributed by atoms with Crippen molar-refractivity contribution in [1.29, 1.82) is 0 Å². The third-order valence-corrected chi connectivity index (χ3v) is 3.28. The molecular formula is C17H15NO2. The topological polar surface area (TPSA) is 31.2 Å². The molecule has 0 atom stereocenters. The zero-order valence-electron chi connectivity index (χ0n) is 11.2. The number of benzene rings is 2. The van der Waals surface area contributed by atoms with Crippen molar-refractivity contribution in [3.63, 3.8) is 0 Å². The number of carbonyl (C=O) groups is 1. The molecule has 0 bridgehead atoms. The maximum Gasteiger partial charge on any atom is 0.418 e. The van der Waals surface area contributed by atoms with Crippen molar-refractivity contribution in [2.75, 3.05) is 0 Å². The minimum absolute atomic E-state index is 0.283. The highest BCUT2D eigenvalue weighted by atomic mass is 16.5. The van der Waals surface area contributed by atoms with Gasteiger partial charge in [-0.3, -0.25) is 4.57 Å². The van der Waals surface area contributed by atoms with Crippen molar-refractivity contribution in [2.24, 2.45) is 0 Å². The summed E-state index contributed by atoms with van der Waals surface area (Å²) in [5, 5.41) is 1.03. The van der Waals surface area contributed by atoms with Crippen molar-refractivity contribution in [3.8, 4) is 0 Å². The normalized spacial score (nSPS) is 10.7. The Morgan fingerprint density at radius 3 is 2.60 bits per heavy atom. The van der Waals surface area contributed by atoms with E-state index in [1.165, 1.54) is 10.1 Å². The van der Waals surface area contributed by atoms with Crippen LogP contribution in [0.5, 0.6) is 0 Å². The summed E-state index contributed by atoms with van der Waals surface area (Å²) in [4.78, 5) is 12.1. The molecule has 0 aliphatic rings. The van der Waals surface area contributed by atoms with Gasteiger partial charge in [0.2, 0.25) is 0 Å². The number of rotatable bonds is 2. The minimum Gasteiger partial charge on any atom is -0.444 e. The van der Waals surface area contributed by atoms with E-state index in [9.17, 15) is 4.79 Å². The number of aromatic nitrogens is 1. The highest BCUT2D eigenvalue weighted by Gasteiger charge is 2.09. The van der Waals surface area contributed by atoms with Gasteiger partial charge in [-0.2, -0.15) is 0 Å². The largest absolute Gasteiger partial charge is 0.444 e. The van der Waals surface area contributed by atoms with E-state index in [1.54, 1.807) is 6.20 Å². The second-order valence-electron chi connectivity index (χ2n) is 4.78. The number of ether oxygens (including phenoxy) is 1. The maximum absolute atomic E-state index is 12.1. The van der Waals surface area contributed by atoms with Gasteiger partial charge in [-0.25, -0.2) is 4.79 Å². The van der Waals surface area contributed by atoms with Gasteiger partial charge in [0.15, 0.2) is 0 Å². The van der Waals surface area contributed by atoms with Crippen molar-refractivity contribution in [3.05, 3.63) is 71.9 Å². The molecule has 0 aliphatic carbocycles. The van der Waals surface area contributed by atoms with Gasteiger partial charge in [-0.15, -0.1) is 0 Å². The first-order valence-corrected chi connectivity index (χ1v) is 6.53. The molecule has 100 valence electrons. The summed E-state index contributed by atoms with van der Waals surface area (Å²) in [6.07, 6.45) is 1.38. The lowest BCUT2D eigenvalue weighted by Gasteiger charge is -2.07. The Labute approximate surface area is 117 Å². The summed E-state index contributed by atoms with van der Waals surface area (Å²) in [7, 11) is 0. The van der Waals surface area contributed by atoms with E-state index in [1.807, 2.05) is 61.5 Å². The number of nitrogens with zero attached hydrogens (tertiary/aromatic N) is 1. The van der Waals surface area contributed by atoms with Crippen LogP contribution in [0.1, 0.15) is 11.1 Å². The van der Waals surface area contributed by atoms with Gasteiger partial charge in [0, 0.05) is 11.6 Å². The SMILES string of the molecule is Cc1ccc(COC(=O)n2ccc3ccccc32)cc1. The molecule has 0 spiro atoms. The van der Waals surface area contributed by atoms with Crippen molar-refractivity contribution in [1.82, 2.24) is 4.57 Å². The van der Waals surface area contributed by atoms with E-state index in [4.69, 9.17) is 4.74 Å². The Hall–Kier alpha value is -2.55. The number of para-hydroxylation sites is 1. The smallest absolute Gasteiger partial charge is 0.418 e. The van der Waals surface area contributed by atoms with Crippen LogP contribution in [0.25, 0.3) is 10.9 Å². The van der Waals surface area contributed by atoms with Crippen LogP contribution < -0.4 is 0 Å².